The fourth-order valence-electron chi connectivity index (χ4n) is 1.81. The second-order valence-corrected chi connectivity index (χ2v) is 5.58. The van der Waals surface area contributed by atoms with Gasteiger partial charge in [0.15, 0.2) is 0 Å². The van der Waals surface area contributed by atoms with Crippen molar-refractivity contribution in [3.8, 4) is 11.5 Å². The lowest BCUT2D eigenvalue weighted by atomic mass is 10.1. The van der Waals surface area contributed by atoms with Gasteiger partial charge in [0.25, 0.3) is 0 Å². The molecule has 20 heavy (non-hydrogen) atoms. The van der Waals surface area contributed by atoms with Crippen molar-refractivity contribution in [2.24, 2.45) is 0 Å². The fourth-order valence-corrected chi connectivity index (χ4v) is 2.31. The highest BCUT2D eigenvalue weighted by atomic mass is 79.9. The van der Waals surface area contributed by atoms with Crippen LogP contribution in [0.1, 0.15) is 16.8 Å². The highest BCUT2D eigenvalue weighted by Gasteiger charge is 2.18. The lowest BCUT2D eigenvalue weighted by Crippen LogP contribution is -1.92. The Kier molecular flexibility index (Phi) is 3.85. The molecule has 3 rings (SSSR count). The molecule has 100 valence electrons. The van der Waals surface area contributed by atoms with Crippen molar-refractivity contribution < 1.29 is 4.42 Å². The number of aromatic nitrogens is 2. The van der Waals surface area contributed by atoms with Crippen molar-refractivity contribution >= 4 is 27.5 Å². The SMILES string of the molecule is ClC(c1ccccc1)c1nnc(-c2ccc(Br)cc2)o1. The largest absolute Gasteiger partial charge is 0.419 e. The third-order valence-corrected chi connectivity index (χ3v) is 3.81. The van der Waals surface area contributed by atoms with E-state index >= 15 is 0 Å². The maximum atomic E-state index is 6.35. The van der Waals surface area contributed by atoms with Crippen molar-refractivity contribution in [1.29, 1.82) is 0 Å². The molecule has 0 saturated heterocycles. The average molecular weight is 350 g/mol. The van der Waals surface area contributed by atoms with Crippen LogP contribution in [0.5, 0.6) is 0 Å². The molecule has 3 aromatic rings. The quantitative estimate of drug-likeness (QED) is 0.636. The minimum Gasteiger partial charge on any atom is -0.419 e. The molecule has 0 amide bonds. The first-order chi connectivity index (χ1) is 9.74. The van der Waals surface area contributed by atoms with E-state index in [1.165, 1.54) is 0 Å². The van der Waals surface area contributed by atoms with Gasteiger partial charge in [-0.15, -0.1) is 21.8 Å². The molecule has 0 radical (unpaired) electrons. The summed E-state index contributed by atoms with van der Waals surface area (Å²) >= 11 is 9.74. The molecule has 0 N–H and O–H groups in total. The molecule has 2 aromatic carbocycles. The molecule has 0 spiro atoms. The topological polar surface area (TPSA) is 38.9 Å². The maximum Gasteiger partial charge on any atom is 0.247 e. The van der Waals surface area contributed by atoms with Gasteiger partial charge in [0.05, 0.1) is 0 Å². The molecule has 0 saturated carbocycles. The first-order valence-electron chi connectivity index (χ1n) is 6.02. The summed E-state index contributed by atoms with van der Waals surface area (Å²) in [5.41, 5.74) is 1.80. The van der Waals surface area contributed by atoms with Crippen molar-refractivity contribution in [2.45, 2.75) is 5.38 Å². The van der Waals surface area contributed by atoms with Gasteiger partial charge in [-0.1, -0.05) is 46.3 Å². The molecule has 0 aliphatic carbocycles. The smallest absolute Gasteiger partial charge is 0.247 e. The van der Waals surface area contributed by atoms with E-state index in [9.17, 15) is 0 Å². The van der Waals surface area contributed by atoms with E-state index in [0.29, 0.717) is 11.8 Å². The number of nitrogens with zero attached hydrogens (tertiary/aromatic N) is 2. The van der Waals surface area contributed by atoms with Crippen LogP contribution in [0, 0.1) is 0 Å². The summed E-state index contributed by atoms with van der Waals surface area (Å²) in [6, 6.07) is 17.3. The Labute approximate surface area is 129 Å². The molecule has 1 atom stereocenters. The number of alkyl halides is 1. The average Bonchev–Trinajstić information content (AvgIpc) is 2.98. The maximum absolute atomic E-state index is 6.35. The standard InChI is InChI=1S/C15H10BrClN2O/c16-12-8-6-11(7-9-12)14-18-19-15(20-14)13(17)10-4-2-1-3-5-10/h1-9,13H. The normalized spacial score (nSPS) is 12.3. The zero-order valence-corrected chi connectivity index (χ0v) is 12.7. The van der Waals surface area contributed by atoms with Gasteiger partial charge in [-0.25, -0.2) is 0 Å². The molecule has 5 heteroatoms. The summed E-state index contributed by atoms with van der Waals surface area (Å²) in [5.74, 6) is 0.866. The monoisotopic (exact) mass is 348 g/mol. The van der Waals surface area contributed by atoms with E-state index in [0.717, 1.165) is 15.6 Å². The molecule has 0 bridgehead atoms. The van der Waals surface area contributed by atoms with Crippen LogP contribution in [0.3, 0.4) is 0 Å². The van der Waals surface area contributed by atoms with Crippen LogP contribution in [0.4, 0.5) is 0 Å². The highest BCUT2D eigenvalue weighted by molar-refractivity contribution is 9.10. The highest BCUT2D eigenvalue weighted by Crippen LogP contribution is 2.29. The van der Waals surface area contributed by atoms with E-state index in [4.69, 9.17) is 16.0 Å². The van der Waals surface area contributed by atoms with Crippen LogP contribution in [-0.4, -0.2) is 10.2 Å². The second kappa shape index (κ2) is 5.77. The molecular formula is C15H10BrClN2O. The van der Waals surface area contributed by atoms with Crippen molar-refractivity contribution in [2.75, 3.05) is 0 Å². The Morgan fingerprint density at radius 2 is 1.65 bits per heavy atom. The predicted molar refractivity (Wildman–Crippen MR) is 81.6 cm³/mol. The number of rotatable bonds is 3. The van der Waals surface area contributed by atoms with E-state index in [2.05, 4.69) is 26.1 Å². The second-order valence-electron chi connectivity index (χ2n) is 4.23. The molecule has 1 heterocycles. The predicted octanol–water partition coefficient (Wildman–Crippen LogP) is 4.83. The summed E-state index contributed by atoms with van der Waals surface area (Å²) in [4.78, 5) is 0. The van der Waals surface area contributed by atoms with Gasteiger partial charge in [0, 0.05) is 10.0 Å². The Morgan fingerprint density at radius 1 is 0.950 bits per heavy atom. The molecule has 1 aromatic heterocycles. The first-order valence-corrected chi connectivity index (χ1v) is 7.25. The summed E-state index contributed by atoms with van der Waals surface area (Å²) in [7, 11) is 0. The number of hydrogen-bond acceptors (Lipinski definition) is 3. The van der Waals surface area contributed by atoms with Crippen molar-refractivity contribution in [1.82, 2.24) is 10.2 Å². The molecule has 3 nitrogen and oxygen atoms in total. The lowest BCUT2D eigenvalue weighted by molar-refractivity contribution is 0.513. The fraction of sp³-hybridized carbons (Fsp3) is 0.0667. The summed E-state index contributed by atoms with van der Waals surface area (Å²) in [6.07, 6.45) is 0. The Hall–Kier alpha value is -1.65. The Morgan fingerprint density at radius 3 is 2.35 bits per heavy atom. The van der Waals surface area contributed by atoms with Crippen LogP contribution in [0.15, 0.2) is 63.5 Å². The van der Waals surface area contributed by atoms with Crippen LogP contribution in [-0.2, 0) is 0 Å². The van der Waals surface area contributed by atoms with E-state index in [1.807, 2.05) is 54.6 Å². The molecule has 0 aliphatic rings. The minimum atomic E-state index is -0.437. The van der Waals surface area contributed by atoms with Gasteiger partial charge in [0.1, 0.15) is 5.38 Å². The number of benzene rings is 2. The zero-order chi connectivity index (χ0) is 13.9. The Balaban J connectivity index is 1.89. The van der Waals surface area contributed by atoms with Gasteiger partial charge in [-0.05, 0) is 29.8 Å². The van der Waals surface area contributed by atoms with Gasteiger partial charge < -0.3 is 4.42 Å². The summed E-state index contributed by atoms with van der Waals surface area (Å²) in [6.45, 7) is 0. The first kappa shape index (κ1) is 13.3. The van der Waals surface area contributed by atoms with Gasteiger partial charge >= 0.3 is 0 Å². The van der Waals surface area contributed by atoms with E-state index < -0.39 is 5.38 Å². The van der Waals surface area contributed by atoms with E-state index in [1.54, 1.807) is 0 Å². The summed E-state index contributed by atoms with van der Waals surface area (Å²) in [5, 5.41) is 7.64. The van der Waals surface area contributed by atoms with Crippen molar-refractivity contribution in [3.63, 3.8) is 0 Å². The lowest BCUT2D eigenvalue weighted by Gasteiger charge is -2.03. The molecule has 0 fully saturated rings. The Bertz CT molecular complexity index is 697. The number of halogens is 2. The van der Waals surface area contributed by atoms with Crippen LogP contribution in [0.25, 0.3) is 11.5 Å². The summed E-state index contributed by atoms with van der Waals surface area (Å²) < 4.78 is 6.66. The van der Waals surface area contributed by atoms with Crippen LogP contribution in [0.2, 0.25) is 0 Å². The van der Waals surface area contributed by atoms with Gasteiger partial charge in [-0.2, -0.15) is 0 Å². The molecule has 0 aliphatic heterocycles. The minimum absolute atomic E-state index is 0.399. The third kappa shape index (κ3) is 2.76. The van der Waals surface area contributed by atoms with Gasteiger partial charge in [0.2, 0.25) is 11.8 Å². The third-order valence-electron chi connectivity index (χ3n) is 2.84. The van der Waals surface area contributed by atoms with Crippen LogP contribution < -0.4 is 0 Å². The van der Waals surface area contributed by atoms with Crippen LogP contribution >= 0.6 is 27.5 Å². The molecular weight excluding hydrogens is 340 g/mol. The van der Waals surface area contributed by atoms with Crippen molar-refractivity contribution in [3.05, 3.63) is 70.5 Å². The van der Waals surface area contributed by atoms with Gasteiger partial charge in [-0.3, -0.25) is 0 Å². The molecule has 1 unspecified atom stereocenters. The van der Waals surface area contributed by atoms with E-state index in [-0.39, 0.29) is 0 Å². The number of hydrogen-bond donors (Lipinski definition) is 0. The zero-order valence-electron chi connectivity index (χ0n) is 10.3.